The van der Waals surface area contributed by atoms with Crippen LogP contribution in [0.2, 0.25) is 10.6 Å². The zero-order valence-corrected chi connectivity index (χ0v) is 46.5. The number of hydrogen-bond acceptors (Lipinski definition) is 12. The van der Waals surface area contributed by atoms with Crippen molar-refractivity contribution in [3.8, 4) is 0 Å². The molecule has 0 aliphatic carbocycles. The molecule has 0 spiro atoms. The van der Waals surface area contributed by atoms with E-state index in [1.807, 2.05) is 24.3 Å². The van der Waals surface area contributed by atoms with Gasteiger partial charge in [0.15, 0.2) is 5.96 Å². The molecule has 9 amide bonds. The van der Waals surface area contributed by atoms with E-state index in [1.165, 1.54) is 26.4 Å². The summed E-state index contributed by atoms with van der Waals surface area (Å²) in [5, 5.41) is 21.9. The first-order valence-electron chi connectivity index (χ1n) is 24.7. The SMILES string of the molecule is CC(=O)N[C@@H](CCCN=C(N)N)C(=O)N[C@@H](C[Se])C(=O)N[C@H](C)C(=O)N[C@@H](Cc1cnc[nH]1)C(=O)N[C@H](Cc1ccccc1)C(=O)N[C@@H](CCCN=C(N)N)C(=O)N[C@@H](Cc1c[nH]c2ccccc12)C(=O)N[C@@H](C[Se])C(N)=O. The Morgan fingerprint density at radius 3 is 1.56 bits per heavy atom. The number of H-pyrrole nitrogens is 2. The Labute approximate surface area is 466 Å². The van der Waals surface area contributed by atoms with E-state index in [1.54, 1.807) is 36.5 Å². The zero-order chi connectivity index (χ0) is 57.3. The van der Waals surface area contributed by atoms with E-state index in [2.05, 4.69) is 99.5 Å². The molecular formula is C49H68N18O9Se2. The summed E-state index contributed by atoms with van der Waals surface area (Å²) >= 11 is 5.37. The van der Waals surface area contributed by atoms with Gasteiger partial charge in [-0.3, -0.25) is 0 Å². The molecule has 4 rings (SSSR count). The first-order valence-corrected chi connectivity index (χ1v) is 27.1. The number of carbonyl (C=O) groups is 9. The second kappa shape index (κ2) is 31.9. The molecule has 2 aromatic heterocycles. The van der Waals surface area contributed by atoms with Crippen LogP contribution in [-0.4, -0.2) is 173 Å². The number of carbonyl (C=O) groups excluding carboxylic acids is 9. The molecular weight excluding hydrogens is 1140 g/mol. The molecule has 0 unspecified atom stereocenters. The number of aliphatic imine (C=N–C) groups is 2. The van der Waals surface area contributed by atoms with Gasteiger partial charge in [0.25, 0.3) is 0 Å². The summed E-state index contributed by atoms with van der Waals surface area (Å²) in [6.07, 6.45) is 4.73. The van der Waals surface area contributed by atoms with Crippen LogP contribution in [0.15, 0.2) is 83.3 Å². The van der Waals surface area contributed by atoms with Crippen LogP contribution in [0.4, 0.5) is 0 Å². The predicted molar refractivity (Wildman–Crippen MR) is 291 cm³/mol. The van der Waals surface area contributed by atoms with Gasteiger partial charge in [-0.1, -0.05) is 30.3 Å². The molecule has 4 aromatic rings. The first kappa shape index (κ1) is 62.5. The Hall–Kier alpha value is -8.00. The molecule has 420 valence electrons. The Morgan fingerprint density at radius 2 is 1.03 bits per heavy atom. The first-order chi connectivity index (χ1) is 37.2. The van der Waals surface area contributed by atoms with E-state index in [-0.39, 0.29) is 74.2 Å². The van der Waals surface area contributed by atoms with E-state index < -0.39 is 101 Å². The Bertz CT molecular complexity index is 2730. The summed E-state index contributed by atoms with van der Waals surface area (Å²) < 4.78 is 0. The van der Waals surface area contributed by atoms with Crippen LogP contribution in [0.25, 0.3) is 10.9 Å². The van der Waals surface area contributed by atoms with Crippen molar-refractivity contribution in [2.45, 2.75) is 118 Å². The molecule has 0 aliphatic rings. The molecule has 27 nitrogen and oxygen atoms in total. The summed E-state index contributed by atoms with van der Waals surface area (Å²) in [5.74, 6) is -7.11. The molecule has 2 aromatic carbocycles. The van der Waals surface area contributed by atoms with E-state index >= 15 is 0 Å². The third kappa shape index (κ3) is 20.8. The Morgan fingerprint density at radius 1 is 0.551 bits per heavy atom. The van der Waals surface area contributed by atoms with Gasteiger partial charge < -0.3 is 11.5 Å². The fourth-order valence-electron chi connectivity index (χ4n) is 7.82. The number of nitrogens with one attached hydrogen (secondary N) is 10. The molecule has 0 saturated heterocycles. The number of amides is 9. The molecule has 2 heterocycles. The van der Waals surface area contributed by atoms with Crippen molar-refractivity contribution < 1.29 is 43.2 Å². The van der Waals surface area contributed by atoms with Crippen LogP contribution in [0.3, 0.4) is 0 Å². The van der Waals surface area contributed by atoms with Gasteiger partial charge in [0.2, 0.25) is 0 Å². The number of para-hydroxylation sites is 1. The fraction of sp³-hybridized carbons (Fsp3) is 0.429. The average Bonchev–Trinajstić information content (AvgIpc) is 4.10. The molecule has 78 heavy (non-hydrogen) atoms. The molecule has 0 saturated carbocycles. The van der Waals surface area contributed by atoms with Gasteiger partial charge in [-0.05, 0) is 5.56 Å². The van der Waals surface area contributed by atoms with Crippen LogP contribution in [0.1, 0.15) is 56.4 Å². The number of nitrogens with zero attached hydrogens (tertiary/aromatic N) is 3. The molecule has 2 radical (unpaired) electrons. The van der Waals surface area contributed by atoms with Gasteiger partial charge in [0, 0.05) is 0 Å². The van der Waals surface area contributed by atoms with Crippen LogP contribution in [-0.2, 0) is 62.4 Å². The minimum absolute atomic E-state index is 0.0303. The second-order valence-corrected chi connectivity index (χ2v) is 19.4. The maximum absolute atomic E-state index is 14.6. The van der Waals surface area contributed by atoms with Crippen LogP contribution in [0, 0.1) is 0 Å². The number of fused-ring (bicyclic) bond motifs is 1. The summed E-state index contributed by atoms with van der Waals surface area (Å²) in [6, 6.07) is 5.88. The number of hydrogen-bond donors (Lipinski definition) is 15. The third-order valence-electron chi connectivity index (χ3n) is 11.9. The Kier molecular flexibility index (Phi) is 25.6. The van der Waals surface area contributed by atoms with E-state index in [9.17, 15) is 43.2 Å². The van der Waals surface area contributed by atoms with Crippen molar-refractivity contribution in [1.82, 2.24) is 57.5 Å². The van der Waals surface area contributed by atoms with Crippen molar-refractivity contribution in [3.05, 3.63) is 90.1 Å². The van der Waals surface area contributed by atoms with Crippen LogP contribution >= 0.6 is 0 Å². The van der Waals surface area contributed by atoms with Gasteiger partial charge >= 0.3 is 415 Å². The van der Waals surface area contributed by atoms with Crippen molar-refractivity contribution in [2.75, 3.05) is 13.1 Å². The number of benzene rings is 2. The van der Waals surface area contributed by atoms with Gasteiger partial charge in [-0.25, -0.2) is 0 Å². The van der Waals surface area contributed by atoms with Crippen LogP contribution < -0.4 is 71.2 Å². The predicted octanol–water partition coefficient (Wildman–Crippen LogP) is -4.40. The zero-order valence-electron chi connectivity index (χ0n) is 43.0. The van der Waals surface area contributed by atoms with Crippen molar-refractivity contribution >= 4 is 108 Å². The number of nitrogens with two attached hydrogens (primary N) is 5. The second-order valence-electron chi connectivity index (χ2n) is 18.0. The van der Waals surface area contributed by atoms with Crippen molar-refractivity contribution in [1.29, 1.82) is 0 Å². The van der Waals surface area contributed by atoms with Gasteiger partial charge in [0.05, 0.1) is 0 Å². The molecule has 29 heteroatoms. The molecule has 0 aliphatic heterocycles. The number of aromatic amines is 2. The fourth-order valence-corrected chi connectivity index (χ4v) is 8.83. The summed E-state index contributed by atoms with van der Waals surface area (Å²) in [7, 11) is 0. The third-order valence-corrected chi connectivity index (χ3v) is 13.3. The summed E-state index contributed by atoms with van der Waals surface area (Å²) in [4.78, 5) is 140. The Balaban J connectivity index is 1.59. The van der Waals surface area contributed by atoms with Gasteiger partial charge in [-0.15, -0.1) is 0 Å². The van der Waals surface area contributed by atoms with E-state index in [0.717, 1.165) is 10.9 Å². The minimum atomic E-state index is -1.40. The number of imidazole rings is 1. The molecule has 0 bridgehead atoms. The molecule has 20 N–H and O–H groups in total. The normalized spacial score (nSPS) is 14.0. The molecule has 0 fully saturated rings. The quantitative estimate of drug-likeness (QED) is 0.00951. The van der Waals surface area contributed by atoms with Crippen LogP contribution in [0.5, 0.6) is 0 Å². The summed E-state index contributed by atoms with van der Waals surface area (Å²) in [6.45, 7) is 2.83. The van der Waals surface area contributed by atoms with E-state index in [4.69, 9.17) is 28.7 Å². The molecule has 8 atom stereocenters. The number of primary amides is 1. The maximum atomic E-state index is 14.6. The number of guanidine groups is 2. The summed E-state index contributed by atoms with van der Waals surface area (Å²) in [5.41, 5.74) is 29.9. The van der Waals surface area contributed by atoms with Crippen molar-refractivity contribution in [3.63, 3.8) is 0 Å². The van der Waals surface area contributed by atoms with E-state index in [0.29, 0.717) is 23.2 Å². The topological polar surface area (TPSA) is 449 Å². The number of aromatic nitrogens is 3. The monoisotopic (exact) mass is 1210 g/mol. The average molecular weight is 1210 g/mol. The van der Waals surface area contributed by atoms with Gasteiger partial charge in [0.1, 0.15) is 0 Å². The standard InChI is InChI=1S/C49H68N18O9Se2/c1-26(60-47(76)39(24-78)67-42(71)33(61-27(2)68)14-8-16-56-48(51)52)41(70)63-37(20-30-22-55-25-59-30)46(75)64-35(18-28-10-4-3-5-11-28)44(73)62-34(15-9-17-57-49(53)54)43(72)65-36(45(74)66-38(23-77)40(50)69)19-29-21-58-32-13-7-6-12-31(29)32/h3-7,10-13,21-22,25-26,33-39,58H,8-9,14-20,23-24H2,1-2H3,(H2,50,69)(H,55,59)(H,60,76)(H,61,68)(H,62,73)(H,63,70)(H,64,75)(H,65,72)(H,66,74)(H,67,71)(H4,51,52,56)(H4,53,54,57)/t26-,33+,34+,35-,36+,37+,38+,39+/m1/s1. The van der Waals surface area contributed by atoms with Crippen molar-refractivity contribution in [2.24, 2.45) is 38.7 Å². The van der Waals surface area contributed by atoms with Gasteiger partial charge in [-0.2, -0.15) is 0 Å². The number of rotatable bonds is 32.